The number of aliphatic hydroxyl groups is 3. The molecule has 1 aromatic rings. The van der Waals surface area contributed by atoms with Crippen molar-refractivity contribution in [1.82, 2.24) is 4.98 Å². The SMILES string of the molecule is CO[C@@H]1C[C@H](O[C@@H]2CC[C@]3(C=NCc4ccccn4)[C@H]4CC[C@]5(C)[C@H](C6=CC(=O)OC6)CC[C@]5(O)[C@@H]4CC[C@]3(O)C2)O[C@@H](C)[C@@H]1O. The number of carbonyl (C=O) groups excluding carboxylic acids is 1. The molecule has 0 spiro atoms. The van der Waals surface area contributed by atoms with Crippen LogP contribution in [0.5, 0.6) is 0 Å². The number of ether oxygens (including phenoxy) is 4. The average molecular weight is 639 g/mol. The van der Waals surface area contributed by atoms with Gasteiger partial charge in [0.1, 0.15) is 12.7 Å². The largest absolute Gasteiger partial charge is 0.458 e. The van der Waals surface area contributed by atoms with Crippen molar-refractivity contribution in [3.05, 3.63) is 41.7 Å². The number of carbonyl (C=O) groups is 1. The van der Waals surface area contributed by atoms with Crippen molar-refractivity contribution in [2.75, 3.05) is 13.7 Å². The number of aromatic nitrogens is 1. The molecule has 0 radical (unpaired) electrons. The molecule has 6 aliphatic rings. The number of fused-ring (bicyclic) bond motifs is 5. The maximum atomic E-state index is 12.8. The van der Waals surface area contributed by atoms with Gasteiger partial charge in [0, 0.05) is 49.3 Å². The van der Waals surface area contributed by atoms with E-state index in [0.29, 0.717) is 51.7 Å². The second-order valence-corrected chi connectivity index (χ2v) is 15.2. The smallest absolute Gasteiger partial charge is 0.331 e. The third-order valence-electron chi connectivity index (χ3n) is 13.2. The Morgan fingerprint density at radius 2 is 1.93 bits per heavy atom. The highest BCUT2D eigenvalue weighted by Gasteiger charge is 2.71. The average Bonchev–Trinajstić information content (AvgIpc) is 3.58. The standard InChI is InChI=1S/C36H50N2O8/c1-22-32(40)29(43-3)17-31(45-22)46-25-7-12-34(21-37-19-24-6-4-5-15-38-24)27-8-11-33(2)26(23-16-30(39)44-20-23)10-14-36(33,42)28(27)9-13-35(34,41)18-25/h4-6,15-16,21-22,25-29,31-32,40-42H,7-14,17-20H2,1-3H3/t22-,25+,26-,27-,28+,29+,31-,32-,33+,34-,35-,36-/m0/s1. The Labute approximate surface area is 271 Å². The van der Waals surface area contributed by atoms with E-state index >= 15 is 0 Å². The highest BCUT2D eigenvalue weighted by Crippen LogP contribution is 2.70. The minimum absolute atomic E-state index is 0.000364. The highest BCUT2D eigenvalue weighted by atomic mass is 16.7. The zero-order valence-electron chi connectivity index (χ0n) is 27.3. The molecular weight excluding hydrogens is 588 g/mol. The molecule has 10 heteroatoms. The van der Waals surface area contributed by atoms with Crippen LogP contribution >= 0.6 is 0 Å². The maximum Gasteiger partial charge on any atom is 0.331 e. The maximum absolute atomic E-state index is 12.8. The van der Waals surface area contributed by atoms with Gasteiger partial charge in [0.15, 0.2) is 6.29 Å². The fraction of sp³-hybridized carbons (Fsp3) is 0.750. The van der Waals surface area contributed by atoms with Crippen molar-refractivity contribution in [3.63, 3.8) is 0 Å². The highest BCUT2D eigenvalue weighted by molar-refractivity contribution is 5.85. The van der Waals surface area contributed by atoms with E-state index < -0.39 is 35.1 Å². The van der Waals surface area contributed by atoms with Gasteiger partial charge in [0.25, 0.3) is 0 Å². The lowest BCUT2D eigenvalue weighted by atomic mass is 9.41. The van der Waals surface area contributed by atoms with Crippen LogP contribution in [0.4, 0.5) is 0 Å². The number of rotatable bonds is 7. The molecule has 46 heavy (non-hydrogen) atoms. The fourth-order valence-corrected chi connectivity index (χ4v) is 10.8. The number of cyclic esters (lactones) is 1. The van der Waals surface area contributed by atoms with Crippen molar-refractivity contribution in [1.29, 1.82) is 0 Å². The summed E-state index contributed by atoms with van der Waals surface area (Å²) in [5, 5.41) is 36.0. The molecule has 0 bridgehead atoms. The number of esters is 1. The quantitative estimate of drug-likeness (QED) is 0.231. The minimum Gasteiger partial charge on any atom is -0.458 e. The van der Waals surface area contributed by atoms with Gasteiger partial charge in [-0.2, -0.15) is 0 Å². The summed E-state index contributed by atoms with van der Waals surface area (Å²) >= 11 is 0. The van der Waals surface area contributed by atoms with E-state index in [9.17, 15) is 20.1 Å². The van der Waals surface area contributed by atoms with E-state index in [0.717, 1.165) is 37.0 Å². The number of aliphatic hydroxyl groups excluding tert-OH is 1. The van der Waals surface area contributed by atoms with Crippen LogP contribution in [0.3, 0.4) is 0 Å². The second-order valence-electron chi connectivity index (χ2n) is 15.2. The van der Waals surface area contributed by atoms with Crippen LogP contribution in [0.15, 0.2) is 41.0 Å². The van der Waals surface area contributed by atoms with Crippen LogP contribution in [-0.4, -0.2) is 88.1 Å². The lowest BCUT2D eigenvalue weighted by molar-refractivity contribution is -0.284. The lowest BCUT2D eigenvalue weighted by Gasteiger charge is -2.66. The molecule has 4 aliphatic carbocycles. The molecule has 252 valence electrons. The molecule has 10 nitrogen and oxygen atoms in total. The van der Waals surface area contributed by atoms with Crippen LogP contribution < -0.4 is 0 Å². The first-order valence-corrected chi connectivity index (χ1v) is 17.3. The van der Waals surface area contributed by atoms with Crippen molar-refractivity contribution < 1.29 is 39.1 Å². The van der Waals surface area contributed by atoms with Gasteiger partial charge in [0.2, 0.25) is 0 Å². The number of aliphatic imine (C=N–C) groups is 1. The van der Waals surface area contributed by atoms with Gasteiger partial charge < -0.3 is 34.3 Å². The number of hydrogen-bond donors (Lipinski definition) is 3. The first kappa shape index (κ1) is 32.3. The summed E-state index contributed by atoms with van der Waals surface area (Å²) in [6.07, 6.45) is 9.93. The fourth-order valence-electron chi connectivity index (χ4n) is 10.8. The normalized spacial score (nSPS) is 47.2. The summed E-state index contributed by atoms with van der Waals surface area (Å²) in [6.45, 7) is 4.79. The van der Waals surface area contributed by atoms with Gasteiger partial charge in [0.05, 0.1) is 41.8 Å². The molecule has 4 saturated carbocycles. The molecule has 2 aliphatic heterocycles. The van der Waals surface area contributed by atoms with Crippen molar-refractivity contribution >= 4 is 12.2 Å². The third-order valence-corrected chi connectivity index (χ3v) is 13.2. The number of nitrogens with zero attached hydrogens (tertiary/aromatic N) is 2. The second kappa shape index (κ2) is 12.0. The van der Waals surface area contributed by atoms with Crippen LogP contribution in [0.1, 0.15) is 83.7 Å². The predicted molar refractivity (Wildman–Crippen MR) is 169 cm³/mol. The van der Waals surface area contributed by atoms with E-state index in [1.165, 1.54) is 0 Å². The third kappa shape index (κ3) is 5.10. The van der Waals surface area contributed by atoms with Gasteiger partial charge in [-0.3, -0.25) is 9.98 Å². The van der Waals surface area contributed by atoms with Crippen LogP contribution in [0.2, 0.25) is 0 Å². The van der Waals surface area contributed by atoms with Crippen molar-refractivity contribution in [3.8, 4) is 0 Å². The summed E-state index contributed by atoms with van der Waals surface area (Å²) in [7, 11) is 1.59. The van der Waals surface area contributed by atoms with Crippen molar-refractivity contribution in [2.45, 2.75) is 127 Å². The molecule has 12 atom stereocenters. The number of methoxy groups -OCH3 is 1. The Morgan fingerprint density at radius 3 is 2.67 bits per heavy atom. The van der Waals surface area contributed by atoms with Crippen LogP contribution in [0, 0.1) is 28.6 Å². The molecule has 7 rings (SSSR count). The Bertz CT molecular complexity index is 1360. The van der Waals surface area contributed by atoms with E-state index in [4.69, 9.17) is 23.9 Å². The Hall–Kier alpha value is -2.21. The Balaban J connectivity index is 1.17. The zero-order valence-corrected chi connectivity index (χ0v) is 27.3. The molecule has 5 fully saturated rings. The molecule has 0 aromatic carbocycles. The van der Waals surface area contributed by atoms with Crippen LogP contribution in [0.25, 0.3) is 0 Å². The summed E-state index contributed by atoms with van der Waals surface area (Å²) in [6, 6.07) is 5.81. The number of pyridine rings is 1. The summed E-state index contributed by atoms with van der Waals surface area (Å²) in [5.41, 5.74) is -1.09. The van der Waals surface area contributed by atoms with Gasteiger partial charge >= 0.3 is 5.97 Å². The summed E-state index contributed by atoms with van der Waals surface area (Å²) in [5.74, 6) is -0.128. The topological polar surface area (TPSA) is 140 Å². The Kier molecular flexibility index (Phi) is 8.46. The van der Waals surface area contributed by atoms with Crippen molar-refractivity contribution in [2.24, 2.45) is 33.6 Å². The van der Waals surface area contributed by atoms with Crippen LogP contribution in [-0.2, 0) is 30.3 Å². The summed E-state index contributed by atoms with van der Waals surface area (Å²) in [4.78, 5) is 21.4. The van der Waals surface area contributed by atoms with E-state index in [1.54, 1.807) is 19.4 Å². The predicted octanol–water partition coefficient (Wildman–Crippen LogP) is 3.90. The van der Waals surface area contributed by atoms with Gasteiger partial charge in [-0.1, -0.05) is 13.0 Å². The monoisotopic (exact) mass is 638 g/mol. The zero-order chi connectivity index (χ0) is 32.3. The van der Waals surface area contributed by atoms with Gasteiger partial charge in [-0.05, 0) is 93.7 Å². The molecule has 3 heterocycles. The molecular formula is C36H50N2O8. The molecule has 1 saturated heterocycles. The first-order chi connectivity index (χ1) is 22.0. The minimum atomic E-state index is -1.07. The van der Waals surface area contributed by atoms with Gasteiger partial charge in [-0.15, -0.1) is 0 Å². The number of hydrogen-bond acceptors (Lipinski definition) is 10. The van der Waals surface area contributed by atoms with E-state index in [-0.39, 0.29) is 41.3 Å². The van der Waals surface area contributed by atoms with E-state index in [2.05, 4.69) is 11.9 Å². The lowest BCUT2D eigenvalue weighted by Crippen LogP contribution is -2.69. The Morgan fingerprint density at radius 1 is 1.11 bits per heavy atom. The molecule has 1 aromatic heterocycles. The molecule has 3 N–H and O–H groups in total. The molecule has 0 amide bonds. The molecule has 0 unspecified atom stereocenters. The summed E-state index contributed by atoms with van der Waals surface area (Å²) < 4.78 is 23.4. The van der Waals surface area contributed by atoms with E-state index in [1.807, 2.05) is 31.3 Å². The van der Waals surface area contributed by atoms with Gasteiger partial charge in [-0.25, -0.2) is 4.79 Å². The first-order valence-electron chi connectivity index (χ1n) is 17.3.